The summed E-state index contributed by atoms with van der Waals surface area (Å²) in [6.45, 7) is 2.67. The van der Waals surface area contributed by atoms with Crippen molar-refractivity contribution >= 4 is 39.8 Å². The van der Waals surface area contributed by atoms with Crippen molar-refractivity contribution in [1.29, 1.82) is 0 Å². The summed E-state index contributed by atoms with van der Waals surface area (Å²) in [5.41, 5.74) is 0.726. The van der Waals surface area contributed by atoms with Crippen molar-refractivity contribution in [3.63, 3.8) is 0 Å². The van der Waals surface area contributed by atoms with Gasteiger partial charge >= 0.3 is 0 Å². The zero-order valence-corrected chi connectivity index (χ0v) is 12.9. The molecule has 5 heteroatoms. The number of thiazole rings is 1. The van der Waals surface area contributed by atoms with E-state index in [0.29, 0.717) is 6.54 Å². The standard InChI is InChI=1S/C13H13IN2OS/c1-9(13-15-6-7-18-13)8-16-12(17)10-4-2-3-5-11(10)14/h2-7,9H,8H2,1H3,(H,16,17). The summed E-state index contributed by atoms with van der Waals surface area (Å²) >= 11 is 3.79. The van der Waals surface area contributed by atoms with Crippen LogP contribution in [0.25, 0.3) is 0 Å². The Balaban J connectivity index is 1.95. The van der Waals surface area contributed by atoms with E-state index < -0.39 is 0 Å². The van der Waals surface area contributed by atoms with Crippen molar-refractivity contribution < 1.29 is 4.79 Å². The lowest BCUT2D eigenvalue weighted by molar-refractivity contribution is 0.0951. The van der Waals surface area contributed by atoms with Crippen molar-refractivity contribution in [2.45, 2.75) is 12.8 Å². The van der Waals surface area contributed by atoms with E-state index >= 15 is 0 Å². The van der Waals surface area contributed by atoms with Crippen molar-refractivity contribution in [2.24, 2.45) is 0 Å². The number of benzene rings is 1. The minimum Gasteiger partial charge on any atom is -0.351 e. The van der Waals surface area contributed by atoms with Gasteiger partial charge in [0.15, 0.2) is 0 Å². The Bertz CT molecular complexity index is 528. The normalized spacial score (nSPS) is 12.1. The molecule has 0 aliphatic heterocycles. The van der Waals surface area contributed by atoms with Crippen molar-refractivity contribution in [3.05, 3.63) is 50.0 Å². The molecule has 0 bridgehead atoms. The monoisotopic (exact) mass is 372 g/mol. The number of carbonyl (C=O) groups is 1. The lowest BCUT2D eigenvalue weighted by atomic mass is 10.1. The Hall–Kier alpha value is -0.950. The molecular weight excluding hydrogens is 359 g/mol. The summed E-state index contributed by atoms with van der Waals surface area (Å²) in [5, 5.41) is 5.96. The second kappa shape index (κ2) is 6.29. The molecule has 0 saturated heterocycles. The molecule has 18 heavy (non-hydrogen) atoms. The summed E-state index contributed by atoms with van der Waals surface area (Å²) in [5.74, 6) is 0.221. The number of carbonyl (C=O) groups excluding carboxylic acids is 1. The number of hydrogen-bond acceptors (Lipinski definition) is 3. The van der Waals surface area contributed by atoms with E-state index in [1.54, 1.807) is 17.5 Å². The van der Waals surface area contributed by atoms with Gasteiger partial charge in [-0.3, -0.25) is 4.79 Å². The topological polar surface area (TPSA) is 42.0 Å². The van der Waals surface area contributed by atoms with Crippen LogP contribution in [-0.4, -0.2) is 17.4 Å². The maximum absolute atomic E-state index is 12.0. The number of hydrogen-bond donors (Lipinski definition) is 1. The van der Waals surface area contributed by atoms with E-state index in [4.69, 9.17) is 0 Å². The molecule has 94 valence electrons. The molecule has 0 saturated carbocycles. The highest BCUT2D eigenvalue weighted by molar-refractivity contribution is 14.1. The molecule has 2 aromatic rings. The van der Waals surface area contributed by atoms with Gasteiger partial charge in [-0.1, -0.05) is 19.1 Å². The van der Waals surface area contributed by atoms with Crippen LogP contribution in [-0.2, 0) is 0 Å². The van der Waals surface area contributed by atoms with Crippen LogP contribution in [0.4, 0.5) is 0 Å². The van der Waals surface area contributed by atoms with Crippen LogP contribution in [0.1, 0.15) is 28.2 Å². The molecule has 1 aromatic carbocycles. The molecule has 1 N–H and O–H groups in total. The zero-order chi connectivity index (χ0) is 13.0. The highest BCUT2D eigenvalue weighted by Crippen LogP contribution is 2.17. The van der Waals surface area contributed by atoms with Crippen molar-refractivity contribution in [3.8, 4) is 0 Å². The van der Waals surface area contributed by atoms with E-state index in [9.17, 15) is 4.79 Å². The SMILES string of the molecule is CC(CNC(=O)c1ccccc1I)c1nccs1. The van der Waals surface area contributed by atoms with E-state index in [2.05, 4.69) is 39.8 Å². The fraction of sp³-hybridized carbons (Fsp3) is 0.231. The zero-order valence-electron chi connectivity index (χ0n) is 9.89. The molecule has 0 fully saturated rings. The number of aromatic nitrogens is 1. The van der Waals surface area contributed by atoms with E-state index in [-0.39, 0.29) is 11.8 Å². The Kier molecular flexibility index (Phi) is 4.71. The molecule has 2 rings (SSSR count). The molecule has 1 heterocycles. The molecular formula is C13H13IN2OS. The van der Waals surface area contributed by atoms with Gasteiger partial charge in [0, 0.05) is 27.6 Å². The smallest absolute Gasteiger partial charge is 0.252 e. The summed E-state index contributed by atoms with van der Waals surface area (Å²) in [6.07, 6.45) is 1.79. The predicted molar refractivity (Wildman–Crippen MR) is 82.0 cm³/mol. The minimum absolute atomic E-state index is 0.0246. The van der Waals surface area contributed by atoms with Gasteiger partial charge in [-0.25, -0.2) is 4.98 Å². The van der Waals surface area contributed by atoms with Crippen LogP contribution in [0.2, 0.25) is 0 Å². The van der Waals surface area contributed by atoms with Gasteiger partial charge < -0.3 is 5.32 Å². The van der Waals surface area contributed by atoms with Crippen LogP contribution >= 0.6 is 33.9 Å². The van der Waals surface area contributed by atoms with Gasteiger partial charge in [-0.2, -0.15) is 0 Å². The quantitative estimate of drug-likeness (QED) is 0.837. The maximum atomic E-state index is 12.0. The first-order chi connectivity index (χ1) is 8.68. The lowest BCUT2D eigenvalue weighted by Gasteiger charge is -2.10. The maximum Gasteiger partial charge on any atom is 0.252 e. The van der Waals surface area contributed by atoms with Gasteiger partial charge in [-0.15, -0.1) is 11.3 Å². The highest BCUT2D eigenvalue weighted by Gasteiger charge is 2.12. The molecule has 1 atom stereocenters. The molecule has 0 radical (unpaired) electrons. The first kappa shape index (κ1) is 13.5. The molecule has 0 aliphatic rings. The highest BCUT2D eigenvalue weighted by atomic mass is 127. The van der Waals surface area contributed by atoms with Crippen LogP contribution in [0.3, 0.4) is 0 Å². The largest absolute Gasteiger partial charge is 0.351 e. The Morgan fingerprint density at radius 2 is 2.28 bits per heavy atom. The van der Waals surface area contributed by atoms with Gasteiger partial charge in [0.05, 0.1) is 10.6 Å². The number of rotatable bonds is 4. The molecule has 1 amide bonds. The summed E-state index contributed by atoms with van der Waals surface area (Å²) in [7, 11) is 0. The van der Waals surface area contributed by atoms with Gasteiger partial charge in [0.1, 0.15) is 0 Å². The van der Waals surface area contributed by atoms with Crippen molar-refractivity contribution in [2.75, 3.05) is 6.54 Å². The molecule has 0 aliphatic carbocycles. The first-order valence-electron chi connectivity index (χ1n) is 5.60. The molecule has 1 aromatic heterocycles. The molecule has 0 spiro atoms. The van der Waals surface area contributed by atoms with Crippen LogP contribution < -0.4 is 5.32 Å². The lowest BCUT2D eigenvalue weighted by Crippen LogP contribution is -2.28. The van der Waals surface area contributed by atoms with Crippen LogP contribution in [0.15, 0.2) is 35.8 Å². The van der Waals surface area contributed by atoms with Crippen LogP contribution in [0, 0.1) is 3.57 Å². The third kappa shape index (κ3) is 3.29. The van der Waals surface area contributed by atoms with Gasteiger partial charge in [0.25, 0.3) is 5.91 Å². The number of halogens is 1. The van der Waals surface area contributed by atoms with Crippen LogP contribution in [0.5, 0.6) is 0 Å². The fourth-order valence-electron chi connectivity index (χ4n) is 1.55. The number of nitrogens with one attached hydrogen (secondary N) is 1. The minimum atomic E-state index is -0.0246. The average molecular weight is 372 g/mol. The molecule has 3 nitrogen and oxygen atoms in total. The van der Waals surface area contributed by atoms with E-state index in [1.165, 1.54) is 0 Å². The molecule has 1 unspecified atom stereocenters. The first-order valence-corrected chi connectivity index (χ1v) is 7.56. The third-order valence-electron chi connectivity index (χ3n) is 2.56. The summed E-state index contributed by atoms with van der Waals surface area (Å²) in [4.78, 5) is 16.3. The summed E-state index contributed by atoms with van der Waals surface area (Å²) in [6, 6.07) is 7.57. The second-order valence-electron chi connectivity index (χ2n) is 3.96. The number of nitrogens with zero attached hydrogens (tertiary/aromatic N) is 1. The Morgan fingerprint density at radius 1 is 1.50 bits per heavy atom. The fourth-order valence-corrected chi connectivity index (χ4v) is 2.88. The Labute approximate surface area is 124 Å². The van der Waals surface area contributed by atoms with E-state index in [0.717, 1.165) is 14.1 Å². The predicted octanol–water partition coefficient (Wildman–Crippen LogP) is 3.28. The average Bonchev–Trinajstić information content (AvgIpc) is 2.90. The summed E-state index contributed by atoms with van der Waals surface area (Å²) < 4.78 is 0.967. The van der Waals surface area contributed by atoms with Gasteiger partial charge in [-0.05, 0) is 34.7 Å². The number of amides is 1. The van der Waals surface area contributed by atoms with E-state index in [1.807, 2.05) is 29.6 Å². The second-order valence-corrected chi connectivity index (χ2v) is 6.05. The van der Waals surface area contributed by atoms with Crippen molar-refractivity contribution in [1.82, 2.24) is 10.3 Å². The van der Waals surface area contributed by atoms with Gasteiger partial charge in [0.2, 0.25) is 0 Å². The third-order valence-corrected chi connectivity index (χ3v) is 4.51. The Morgan fingerprint density at radius 3 is 2.94 bits per heavy atom.